The molecule has 1 amide bonds. The molecule has 4 nitrogen and oxygen atoms in total. The Morgan fingerprint density at radius 1 is 1.16 bits per heavy atom. The summed E-state index contributed by atoms with van der Waals surface area (Å²) in [6.45, 7) is 5.53. The predicted octanol–water partition coefficient (Wildman–Crippen LogP) is 1.84. The van der Waals surface area contributed by atoms with E-state index in [-0.39, 0.29) is 6.04 Å². The van der Waals surface area contributed by atoms with E-state index in [0.717, 1.165) is 26.1 Å². The molecule has 112 valence electrons. The van der Waals surface area contributed by atoms with Gasteiger partial charge in [-0.2, -0.15) is 0 Å². The van der Waals surface area contributed by atoms with Gasteiger partial charge in [0, 0.05) is 32.6 Å². The first kappa shape index (κ1) is 16.4. The normalized spacial score (nSPS) is 20.8. The van der Waals surface area contributed by atoms with Crippen LogP contribution in [0.25, 0.3) is 0 Å². The van der Waals surface area contributed by atoms with E-state index in [9.17, 15) is 4.79 Å². The first-order valence-electron chi connectivity index (χ1n) is 7.87. The largest absolute Gasteiger partial charge is 0.336 e. The molecule has 1 saturated heterocycles. The fourth-order valence-electron chi connectivity index (χ4n) is 2.74. The SMILES string of the molecule is CCCCCCCCC(=O)N1CCN(C)CC1CN. The lowest BCUT2D eigenvalue weighted by atomic mass is 10.1. The van der Waals surface area contributed by atoms with E-state index < -0.39 is 0 Å². The Bertz CT molecular complexity index is 258. The highest BCUT2D eigenvalue weighted by atomic mass is 16.2. The second-order valence-corrected chi connectivity index (χ2v) is 5.76. The van der Waals surface area contributed by atoms with Crippen LogP contribution in [0, 0.1) is 0 Å². The lowest BCUT2D eigenvalue weighted by molar-refractivity contribution is -0.135. The van der Waals surface area contributed by atoms with Crippen LogP contribution in [0.2, 0.25) is 0 Å². The highest BCUT2D eigenvalue weighted by molar-refractivity contribution is 5.76. The highest BCUT2D eigenvalue weighted by Gasteiger charge is 2.27. The Hall–Kier alpha value is -0.610. The molecule has 4 heteroatoms. The molecule has 0 aromatic carbocycles. The molecular formula is C15H31N3O. The number of nitrogens with zero attached hydrogens (tertiary/aromatic N) is 2. The topological polar surface area (TPSA) is 49.6 Å². The second-order valence-electron chi connectivity index (χ2n) is 5.76. The Labute approximate surface area is 118 Å². The molecule has 1 atom stereocenters. The van der Waals surface area contributed by atoms with E-state index in [1.165, 1.54) is 32.1 Å². The molecule has 19 heavy (non-hydrogen) atoms. The fraction of sp³-hybridized carbons (Fsp3) is 0.933. The summed E-state index contributed by atoms with van der Waals surface area (Å²) in [6, 6.07) is 0.214. The van der Waals surface area contributed by atoms with Crippen LogP contribution in [0.5, 0.6) is 0 Å². The molecule has 0 aromatic rings. The molecule has 1 rings (SSSR count). The second kappa shape index (κ2) is 9.32. The van der Waals surface area contributed by atoms with Gasteiger partial charge in [-0.05, 0) is 13.5 Å². The lowest BCUT2D eigenvalue weighted by Gasteiger charge is -2.39. The Kier molecular flexibility index (Phi) is 8.07. The number of likely N-dealkylation sites (N-methyl/N-ethyl adjacent to an activating group) is 1. The first-order valence-corrected chi connectivity index (χ1v) is 7.87. The number of hydrogen-bond acceptors (Lipinski definition) is 3. The van der Waals surface area contributed by atoms with Gasteiger partial charge < -0.3 is 15.5 Å². The summed E-state index contributed by atoms with van der Waals surface area (Å²) in [4.78, 5) is 16.5. The van der Waals surface area contributed by atoms with Gasteiger partial charge in [-0.15, -0.1) is 0 Å². The zero-order valence-electron chi connectivity index (χ0n) is 12.7. The molecule has 1 aliphatic rings. The molecule has 1 unspecified atom stereocenters. The van der Waals surface area contributed by atoms with Crippen molar-refractivity contribution in [3.63, 3.8) is 0 Å². The lowest BCUT2D eigenvalue weighted by Crippen LogP contribution is -2.56. The maximum absolute atomic E-state index is 12.2. The van der Waals surface area contributed by atoms with Crippen LogP contribution in [-0.2, 0) is 4.79 Å². The molecule has 0 aliphatic carbocycles. The summed E-state index contributed by atoms with van der Waals surface area (Å²) in [5.41, 5.74) is 5.78. The van der Waals surface area contributed by atoms with Gasteiger partial charge >= 0.3 is 0 Å². The van der Waals surface area contributed by atoms with E-state index in [1.54, 1.807) is 0 Å². The minimum absolute atomic E-state index is 0.214. The van der Waals surface area contributed by atoms with Crippen LogP contribution in [-0.4, -0.2) is 55.0 Å². The molecule has 1 aliphatic heterocycles. The van der Waals surface area contributed by atoms with Gasteiger partial charge in [-0.1, -0.05) is 39.0 Å². The Balaban J connectivity index is 2.20. The molecule has 0 spiro atoms. The third-order valence-corrected chi connectivity index (χ3v) is 4.02. The van der Waals surface area contributed by atoms with Crippen molar-refractivity contribution in [2.75, 3.05) is 33.2 Å². The van der Waals surface area contributed by atoms with Crippen molar-refractivity contribution >= 4 is 5.91 Å². The van der Waals surface area contributed by atoms with E-state index in [4.69, 9.17) is 5.73 Å². The minimum atomic E-state index is 0.214. The highest BCUT2D eigenvalue weighted by Crippen LogP contribution is 2.12. The molecular weight excluding hydrogens is 238 g/mol. The summed E-state index contributed by atoms with van der Waals surface area (Å²) in [5, 5.41) is 0. The van der Waals surface area contributed by atoms with Crippen molar-refractivity contribution in [3.05, 3.63) is 0 Å². The van der Waals surface area contributed by atoms with E-state index in [1.807, 2.05) is 4.90 Å². The van der Waals surface area contributed by atoms with Gasteiger partial charge in [0.05, 0.1) is 6.04 Å². The monoisotopic (exact) mass is 269 g/mol. The minimum Gasteiger partial charge on any atom is -0.336 e. The number of nitrogens with two attached hydrogens (primary N) is 1. The summed E-state index contributed by atoms with van der Waals surface area (Å²) < 4.78 is 0. The van der Waals surface area contributed by atoms with Crippen molar-refractivity contribution in [1.82, 2.24) is 9.80 Å². The first-order chi connectivity index (χ1) is 9.19. The number of piperazine rings is 1. The smallest absolute Gasteiger partial charge is 0.222 e. The molecule has 0 saturated carbocycles. The number of unbranched alkanes of at least 4 members (excludes halogenated alkanes) is 5. The summed E-state index contributed by atoms with van der Waals surface area (Å²) in [7, 11) is 2.10. The van der Waals surface area contributed by atoms with Gasteiger partial charge in [-0.3, -0.25) is 4.79 Å². The van der Waals surface area contributed by atoms with Crippen molar-refractivity contribution in [2.24, 2.45) is 5.73 Å². The van der Waals surface area contributed by atoms with Gasteiger partial charge in [-0.25, -0.2) is 0 Å². The van der Waals surface area contributed by atoms with Crippen LogP contribution in [0.4, 0.5) is 0 Å². The molecule has 0 radical (unpaired) electrons. The number of carbonyl (C=O) groups is 1. The van der Waals surface area contributed by atoms with Crippen LogP contribution in [0.3, 0.4) is 0 Å². The number of hydrogen-bond donors (Lipinski definition) is 1. The predicted molar refractivity (Wildman–Crippen MR) is 80.0 cm³/mol. The number of rotatable bonds is 8. The molecule has 2 N–H and O–H groups in total. The summed E-state index contributed by atoms with van der Waals surface area (Å²) in [6.07, 6.45) is 8.10. The van der Waals surface area contributed by atoms with Crippen LogP contribution in [0.15, 0.2) is 0 Å². The van der Waals surface area contributed by atoms with Crippen LogP contribution < -0.4 is 5.73 Å². The third-order valence-electron chi connectivity index (χ3n) is 4.02. The van der Waals surface area contributed by atoms with E-state index in [2.05, 4.69) is 18.9 Å². The molecule has 1 fully saturated rings. The fourth-order valence-corrected chi connectivity index (χ4v) is 2.74. The van der Waals surface area contributed by atoms with Crippen molar-refractivity contribution in [1.29, 1.82) is 0 Å². The zero-order valence-corrected chi connectivity index (χ0v) is 12.7. The van der Waals surface area contributed by atoms with Gasteiger partial charge in [0.25, 0.3) is 0 Å². The molecule has 1 heterocycles. The number of carbonyl (C=O) groups excluding carboxylic acids is 1. The van der Waals surface area contributed by atoms with E-state index in [0.29, 0.717) is 18.9 Å². The standard InChI is InChI=1S/C15H31N3O/c1-3-4-5-6-7-8-9-15(19)18-11-10-17(2)13-14(18)12-16/h14H,3-13,16H2,1-2H3. The van der Waals surface area contributed by atoms with Crippen molar-refractivity contribution in [2.45, 2.75) is 57.9 Å². The van der Waals surface area contributed by atoms with Crippen LogP contribution in [0.1, 0.15) is 51.9 Å². The Morgan fingerprint density at radius 3 is 2.53 bits per heavy atom. The maximum Gasteiger partial charge on any atom is 0.222 e. The number of amides is 1. The van der Waals surface area contributed by atoms with Gasteiger partial charge in [0.2, 0.25) is 5.91 Å². The van der Waals surface area contributed by atoms with Crippen LogP contribution >= 0.6 is 0 Å². The van der Waals surface area contributed by atoms with E-state index >= 15 is 0 Å². The Morgan fingerprint density at radius 2 is 1.84 bits per heavy atom. The summed E-state index contributed by atoms with van der Waals surface area (Å²) in [5.74, 6) is 0.305. The molecule has 0 bridgehead atoms. The van der Waals surface area contributed by atoms with Gasteiger partial charge in [0.1, 0.15) is 0 Å². The van der Waals surface area contributed by atoms with Crippen molar-refractivity contribution < 1.29 is 4.79 Å². The summed E-state index contributed by atoms with van der Waals surface area (Å²) >= 11 is 0. The average molecular weight is 269 g/mol. The maximum atomic E-state index is 12.2. The zero-order chi connectivity index (χ0) is 14.1. The third kappa shape index (κ3) is 5.91. The van der Waals surface area contributed by atoms with Gasteiger partial charge in [0.15, 0.2) is 0 Å². The molecule has 0 aromatic heterocycles. The van der Waals surface area contributed by atoms with Crippen molar-refractivity contribution in [3.8, 4) is 0 Å². The average Bonchev–Trinajstić information content (AvgIpc) is 2.42. The quantitative estimate of drug-likeness (QED) is 0.684.